The Hall–Kier alpha value is -1.46. The second-order valence-corrected chi connectivity index (χ2v) is 7.20. The lowest BCUT2D eigenvalue weighted by atomic mass is 10.1. The maximum atomic E-state index is 11.4. The largest absolute Gasteiger partial charge is 0.315 e. The molecule has 0 aliphatic carbocycles. The number of para-hydroxylation sites is 1. The van der Waals surface area contributed by atoms with E-state index < -0.39 is 9.84 Å². The molecule has 5 heteroatoms. The number of pyridine rings is 1. The molecule has 1 aromatic heterocycles. The van der Waals surface area contributed by atoms with Gasteiger partial charge in [-0.2, -0.15) is 0 Å². The number of benzene rings is 1. The third-order valence-electron chi connectivity index (χ3n) is 3.32. The van der Waals surface area contributed by atoms with Gasteiger partial charge in [0.15, 0.2) is 9.84 Å². The van der Waals surface area contributed by atoms with E-state index in [4.69, 9.17) is 0 Å². The fourth-order valence-corrected chi connectivity index (χ4v) is 2.83. The van der Waals surface area contributed by atoms with Gasteiger partial charge in [0, 0.05) is 23.9 Å². The van der Waals surface area contributed by atoms with Crippen molar-refractivity contribution >= 4 is 20.7 Å². The van der Waals surface area contributed by atoms with Crippen molar-refractivity contribution in [1.82, 2.24) is 10.3 Å². The molecule has 4 nitrogen and oxygen atoms in total. The summed E-state index contributed by atoms with van der Waals surface area (Å²) in [6.45, 7) is 2.94. The molecule has 2 aromatic rings. The van der Waals surface area contributed by atoms with Crippen molar-refractivity contribution in [2.75, 3.05) is 24.6 Å². The highest BCUT2D eigenvalue weighted by atomic mass is 32.2. The Labute approximate surface area is 120 Å². The molecule has 0 amide bonds. The summed E-state index contributed by atoms with van der Waals surface area (Å²) in [5, 5.41) is 4.32. The minimum atomic E-state index is -2.87. The minimum absolute atomic E-state index is 0.206. The van der Waals surface area contributed by atoms with Gasteiger partial charge in [0.25, 0.3) is 0 Å². The molecule has 0 aliphatic heterocycles. The SMILES string of the molecule is CCS(=O)(=O)CCNCCc1cccc2cccnc12. The lowest BCUT2D eigenvalue weighted by molar-refractivity contribution is 0.592. The smallest absolute Gasteiger partial charge is 0.151 e. The summed E-state index contributed by atoms with van der Waals surface area (Å²) in [5.41, 5.74) is 2.21. The first-order valence-corrected chi connectivity index (χ1v) is 8.68. The lowest BCUT2D eigenvalue weighted by Gasteiger charge is -2.07. The van der Waals surface area contributed by atoms with Crippen molar-refractivity contribution in [3.05, 3.63) is 42.1 Å². The molecule has 108 valence electrons. The van der Waals surface area contributed by atoms with Crippen LogP contribution in [0.3, 0.4) is 0 Å². The molecule has 0 atom stereocenters. The van der Waals surface area contributed by atoms with Crippen LogP contribution < -0.4 is 5.32 Å². The van der Waals surface area contributed by atoms with Crippen LogP contribution in [0.1, 0.15) is 12.5 Å². The number of aromatic nitrogens is 1. The van der Waals surface area contributed by atoms with Gasteiger partial charge in [-0.3, -0.25) is 4.98 Å². The number of rotatable bonds is 7. The molecule has 0 radical (unpaired) electrons. The van der Waals surface area contributed by atoms with Crippen LogP contribution in [0.2, 0.25) is 0 Å². The molecule has 0 fully saturated rings. The third-order valence-corrected chi connectivity index (χ3v) is 5.02. The first-order valence-electron chi connectivity index (χ1n) is 6.86. The van der Waals surface area contributed by atoms with E-state index in [9.17, 15) is 8.42 Å². The summed E-state index contributed by atoms with van der Waals surface area (Å²) in [5.74, 6) is 0.416. The maximum absolute atomic E-state index is 11.4. The summed E-state index contributed by atoms with van der Waals surface area (Å²) in [6.07, 6.45) is 2.65. The summed E-state index contributed by atoms with van der Waals surface area (Å²) in [4.78, 5) is 4.41. The Balaban J connectivity index is 1.88. The van der Waals surface area contributed by atoms with Gasteiger partial charge < -0.3 is 5.32 Å². The van der Waals surface area contributed by atoms with Crippen LogP contribution in [0.5, 0.6) is 0 Å². The van der Waals surface area contributed by atoms with Crippen molar-refractivity contribution in [1.29, 1.82) is 0 Å². The van der Waals surface area contributed by atoms with Crippen LogP contribution in [0.25, 0.3) is 10.9 Å². The quantitative estimate of drug-likeness (QED) is 0.791. The van der Waals surface area contributed by atoms with E-state index in [1.807, 2.05) is 24.3 Å². The Morgan fingerprint density at radius 3 is 2.75 bits per heavy atom. The van der Waals surface area contributed by atoms with Gasteiger partial charge in [-0.25, -0.2) is 8.42 Å². The molecule has 0 spiro atoms. The number of nitrogens with one attached hydrogen (secondary N) is 1. The van der Waals surface area contributed by atoms with Gasteiger partial charge >= 0.3 is 0 Å². The highest BCUT2D eigenvalue weighted by molar-refractivity contribution is 7.91. The predicted molar refractivity (Wildman–Crippen MR) is 82.6 cm³/mol. The summed E-state index contributed by atoms with van der Waals surface area (Å²) >= 11 is 0. The molecular formula is C15H20N2O2S. The normalized spacial score (nSPS) is 11.8. The molecule has 2 rings (SSSR count). The van der Waals surface area contributed by atoms with E-state index in [-0.39, 0.29) is 11.5 Å². The standard InChI is InChI=1S/C15H20N2O2S/c1-2-20(18,19)12-11-16-10-8-14-6-3-5-13-7-4-9-17-15(13)14/h3-7,9,16H,2,8,10-12H2,1H3. The minimum Gasteiger partial charge on any atom is -0.315 e. The van der Waals surface area contributed by atoms with Gasteiger partial charge in [0.1, 0.15) is 0 Å². The van der Waals surface area contributed by atoms with Crippen LogP contribution in [0.15, 0.2) is 36.5 Å². The molecule has 20 heavy (non-hydrogen) atoms. The number of hydrogen-bond acceptors (Lipinski definition) is 4. The Morgan fingerprint density at radius 2 is 1.95 bits per heavy atom. The number of sulfone groups is 1. The second-order valence-electron chi connectivity index (χ2n) is 4.73. The van der Waals surface area contributed by atoms with Gasteiger partial charge in [0.05, 0.1) is 11.3 Å². The molecule has 0 aliphatic rings. The lowest BCUT2D eigenvalue weighted by Crippen LogP contribution is -2.25. The van der Waals surface area contributed by atoms with Crippen LogP contribution >= 0.6 is 0 Å². The van der Waals surface area contributed by atoms with Crippen LogP contribution in [0, 0.1) is 0 Å². The highest BCUT2D eigenvalue weighted by Crippen LogP contribution is 2.15. The van der Waals surface area contributed by atoms with Gasteiger partial charge in [-0.05, 0) is 24.6 Å². The monoisotopic (exact) mass is 292 g/mol. The zero-order chi connectivity index (χ0) is 14.4. The van der Waals surface area contributed by atoms with E-state index in [2.05, 4.69) is 16.4 Å². The first kappa shape index (κ1) is 14.9. The highest BCUT2D eigenvalue weighted by Gasteiger charge is 2.06. The zero-order valence-electron chi connectivity index (χ0n) is 11.7. The molecule has 0 saturated carbocycles. The van der Waals surface area contributed by atoms with Crippen LogP contribution in [0.4, 0.5) is 0 Å². The summed E-state index contributed by atoms with van der Waals surface area (Å²) < 4.78 is 22.7. The van der Waals surface area contributed by atoms with Gasteiger partial charge in [0.2, 0.25) is 0 Å². The van der Waals surface area contributed by atoms with E-state index in [0.717, 1.165) is 23.9 Å². The summed E-state index contributed by atoms with van der Waals surface area (Å²) in [7, 11) is -2.87. The van der Waals surface area contributed by atoms with Crippen molar-refractivity contribution in [3.63, 3.8) is 0 Å². The Bertz CT molecular complexity index is 663. The van der Waals surface area contributed by atoms with E-state index in [1.165, 1.54) is 5.56 Å². The Morgan fingerprint density at radius 1 is 1.15 bits per heavy atom. The first-order chi connectivity index (χ1) is 9.62. The molecule has 0 unspecified atom stereocenters. The Kier molecular flexibility index (Phi) is 5.09. The molecular weight excluding hydrogens is 272 g/mol. The zero-order valence-corrected chi connectivity index (χ0v) is 12.5. The fourth-order valence-electron chi connectivity index (χ4n) is 2.09. The summed E-state index contributed by atoms with van der Waals surface area (Å²) in [6, 6.07) is 10.1. The van der Waals surface area contributed by atoms with E-state index in [0.29, 0.717) is 6.54 Å². The topological polar surface area (TPSA) is 59.1 Å². The van der Waals surface area contributed by atoms with Crippen LogP contribution in [-0.4, -0.2) is 38.0 Å². The molecule has 1 heterocycles. The average molecular weight is 292 g/mol. The van der Waals surface area contributed by atoms with Crippen LogP contribution in [-0.2, 0) is 16.3 Å². The third kappa shape index (κ3) is 4.02. The van der Waals surface area contributed by atoms with E-state index >= 15 is 0 Å². The van der Waals surface area contributed by atoms with Crippen molar-refractivity contribution < 1.29 is 8.42 Å². The van der Waals surface area contributed by atoms with E-state index in [1.54, 1.807) is 13.1 Å². The number of nitrogens with zero attached hydrogens (tertiary/aromatic N) is 1. The molecule has 0 saturated heterocycles. The predicted octanol–water partition coefficient (Wildman–Crippen LogP) is 1.80. The van der Waals surface area contributed by atoms with Gasteiger partial charge in [-0.1, -0.05) is 31.2 Å². The molecule has 1 N–H and O–H groups in total. The molecule has 0 bridgehead atoms. The van der Waals surface area contributed by atoms with Crippen molar-refractivity contribution in [3.8, 4) is 0 Å². The molecule has 1 aromatic carbocycles. The van der Waals surface area contributed by atoms with Gasteiger partial charge in [-0.15, -0.1) is 0 Å². The number of hydrogen-bond donors (Lipinski definition) is 1. The van der Waals surface area contributed by atoms with Crippen molar-refractivity contribution in [2.45, 2.75) is 13.3 Å². The maximum Gasteiger partial charge on any atom is 0.151 e. The second kappa shape index (κ2) is 6.81. The number of fused-ring (bicyclic) bond motifs is 1. The van der Waals surface area contributed by atoms with Crippen molar-refractivity contribution in [2.24, 2.45) is 0 Å². The average Bonchev–Trinajstić information content (AvgIpc) is 2.47. The fraction of sp³-hybridized carbons (Fsp3) is 0.400.